The van der Waals surface area contributed by atoms with Gasteiger partial charge in [-0.15, -0.1) is 0 Å². The highest BCUT2D eigenvalue weighted by Crippen LogP contribution is 2.28. The summed E-state index contributed by atoms with van der Waals surface area (Å²) >= 11 is 0. The normalized spacial score (nSPS) is 12.7. The van der Waals surface area contributed by atoms with Gasteiger partial charge in [-0.3, -0.25) is 4.98 Å². The minimum Gasteiger partial charge on any atom is -0.382 e. The van der Waals surface area contributed by atoms with Crippen LogP contribution in [0.1, 0.15) is 42.7 Å². The molecule has 2 nitrogen and oxygen atoms in total. The van der Waals surface area contributed by atoms with Gasteiger partial charge >= 0.3 is 0 Å². The second kappa shape index (κ2) is 5.11. The summed E-state index contributed by atoms with van der Waals surface area (Å²) in [4.78, 5) is 4.21. The summed E-state index contributed by atoms with van der Waals surface area (Å²) in [7, 11) is 0. The Morgan fingerprint density at radius 1 is 0.941 bits per heavy atom. The molecule has 2 heteroatoms. The monoisotopic (exact) mass is 227 g/mol. The maximum Gasteiger partial charge on any atom is 0.121 e. The molecule has 1 atom stereocenters. The Kier molecular flexibility index (Phi) is 3.55. The smallest absolute Gasteiger partial charge is 0.121 e. The Morgan fingerprint density at radius 2 is 1.59 bits per heavy atom. The minimum absolute atomic E-state index is 0.393. The van der Waals surface area contributed by atoms with Crippen molar-refractivity contribution in [3.8, 4) is 0 Å². The molecule has 1 N–H and O–H groups in total. The van der Waals surface area contributed by atoms with E-state index in [4.69, 9.17) is 0 Å². The number of nitrogens with zero attached hydrogens (tertiary/aromatic N) is 1. The molecule has 1 heterocycles. The predicted octanol–water partition coefficient (Wildman–Crippen LogP) is 3.29. The molecule has 2 aromatic rings. The maximum absolute atomic E-state index is 10.4. The lowest BCUT2D eigenvalue weighted by molar-refractivity contribution is 0.214. The zero-order chi connectivity index (χ0) is 12.3. The number of aliphatic hydroxyl groups excluding tert-OH is 1. The molecule has 0 radical (unpaired) electrons. The molecule has 0 saturated heterocycles. The molecule has 0 aliphatic carbocycles. The molecule has 0 spiro atoms. The first kappa shape index (κ1) is 11.8. The second-order valence-electron chi connectivity index (χ2n) is 4.44. The van der Waals surface area contributed by atoms with E-state index in [-0.39, 0.29) is 0 Å². The van der Waals surface area contributed by atoms with Gasteiger partial charge in [0.15, 0.2) is 0 Å². The third-order valence-corrected chi connectivity index (χ3v) is 2.88. The van der Waals surface area contributed by atoms with Gasteiger partial charge in [0.05, 0.1) is 5.69 Å². The zero-order valence-electron chi connectivity index (χ0n) is 10.2. The standard InChI is InChI=1S/C15H17NO/c1-11(2)12-7-3-4-8-13(12)15(17)14-9-5-6-10-16-14/h3-11,15,17H,1-2H3/t15-/m1/s1. The van der Waals surface area contributed by atoms with E-state index in [2.05, 4.69) is 24.9 Å². The molecule has 17 heavy (non-hydrogen) atoms. The average molecular weight is 227 g/mol. The van der Waals surface area contributed by atoms with Crippen molar-refractivity contribution in [2.24, 2.45) is 0 Å². The van der Waals surface area contributed by atoms with Gasteiger partial charge < -0.3 is 5.11 Å². The van der Waals surface area contributed by atoms with Crippen molar-refractivity contribution in [1.29, 1.82) is 0 Å². The van der Waals surface area contributed by atoms with E-state index in [9.17, 15) is 5.11 Å². The van der Waals surface area contributed by atoms with Crippen molar-refractivity contribution in [3.05, 3.63) is 65.5 Å². The van der Waals surface area contributed by atoms with E-state index in [1.165, 1.54) is 5.56 Å². The van der Waals surface area contributed by atoms with Crippen molar-refractivity contribution >= 4 is 0 Å². The van der Waals surface area contributed by atoms with Crippen LogP contribution < -0.4 is 0 Å². The van der Waals surface area contributed by atoms with E-state index in [1.807, 2.05) is 36.4 Å². The van der Waals surface area contributed by atoms with Crippen molar-refractivity contribution in [3.63, 3.8) is 0 Å². The quantitative estimate of drug-likeness (QED) is 0.872. The average Bonchev–Trinajstić information content (AvgIpc) is 2.39. The Morgan fingerprint density at radius 3 is 2.18 bits per heavy atom. The molecule has 0 aliphatic heterocycles. The molecule has 0 bridgehead atoms. The van der Waals surface area contributed by atoms with Crippen LogP contribution in [-0.2, 0) is 0 Å². The van der Waals surface area contributed by atoms with Gasteiger partial charge in [-0.05, 0) is 29.2 Å². The summed E-state index contributed by atoms with van der Waals surface area (Å²) < 4.78 is 0. The van der Waals surface area contributed by atoms with Crippen LogP contribution in [-0.4, -0.2) is 10.1 Å². The molecule has 88 valence electrons. The summed E-state index contributed by atoms with van der Waals surface area (Å²) in [6.07, 6.45) is 1.06. The van der Waals surface area contributed by atoms with Gasteiger partial charge in [-0.25, -0.2) is 0 Å². The molecule has 0 fully saturated rings. The number of aromatic nitrogens is 1. The number of hydrogen-bond donors (Lipinski definition) is 1. The molecular formula is C15H17NO. The Labute approximate surface area is 102 Å². The first-order valence-corrected chi connectivity index (χ1v) is 5.88. The van der Waals surface area contributed by atoms with Crippen molar-refractivity contribution in [2.45, 2.75) is 25.9 Å². The summed E-state index contributed by atoms with van der Waals surface area (Å²) in [5.41, 5.74) is 2.81. The van der Waals surface area contributed by atoms with Gasteiger partial charge in [0, 0.05) is 6.20 Å². The lowest BCUT2D eigenvalue weighted by Gasteiger charge is -2.17. The topological polar surface area (TPSA) is 33.1 Å². The maximum atomic E-state index is 10.4. The van der Waals surface area contributed by atoms with Crippen LogP contribution in [0.3, 0.4) is 0 Å². The highest BCUT2D eigenvalue weighted by atomic mass is 16.3. The molecular weight excluding hydrogens is 210 g/mol. The van der Waals surface area contributed by atoms with Crippen molar-refractivity contribution < 1.29 is 5.11 Å². The minimum atomic E-state index is -0.644. The van der Waals surface area contributed by atoms with Gasteiger partial charge in [0.25, 0.3) is 0 Å². The Bertz CT molecular complexity index is 479. The van der Waals surface area contributed by atoms with Gasteiger partial charge in [-0.1, -0.05) is 44.2 Å². The summed E-state index contributed by atoms with van der Waals surface area (Å²) in [5, 5.41) is 10.4. The van der Waals surface area contributed by atoms with Crippen LogP contribution in [0, 0.1) is 0 Å². The first-order valence-electron chi connectivity index (χ1n) is 5.88. The van der Waals surface area contributed by atoms with Crippen LogP contribution in [0.15, 0.2) is 48.7 Å². The van der Waals surface area contributed by atoms with Crippen molar-refractivity contribution in [2.75, 3.05) is 0 Å². The largest absolute Gasteiger partial charge is 0.382 e. The zero-order valence-corrected chi connectivity index (χ0v) is 10.2. The molecule has 0 amide bonds. The Balaban J connectivity index is 2.41. The van der Waals surface area contributed by atoms with Gasteiger partial charge in [-0.2, -0.15) is 0 Å². The summed E-state index contributed by atoms with van der Waals surface area (Å²) in [6, 6.07) is 13.6. The van der Waals surface area contributed by atoms with Gasteiger partial charge in [0.1, 0.15) is 6.10 Å². The van der Waals surface area contributed by atoms with Crippen LogP contribution in [0.25, 0.3) is 0 Å². The van der Waals surface area contributed by atoms with Crippen LogP contribution in [0.2, 0.25) is 0 Å². The third-order valence-electron chi connectivity index (χ3n) is 2.88. The SMILES string of the molecule is CC(C)c1ccccc1[C@@H](O)c1ccccn1. The van der Waals surface area contributed by atoms with Crippen molar-refractivity contribution in [1.82, 2.24) is 4.98 Å². The molecule has 1 aromatic heterocycles. The molecule has 0 unspecified atom stereocenters. The highest BCUT2D eigenvalue weighted by molar-refractivity contribution is 5.35. The number of pyridine rings is 1. The first-order chi connectivity index (χ1) is 8.20. The number of aliphatic hydroxyl groups is 1. The number of hydrogen-bond acceptors (Lipinski definition) is 2. The fraction of sp³-hybridized carbons (Fsp3) is 0.267. The van der Waals surface area contributed by atoms with Crippen LogP contribution in [0.4, 0.5) is 0 Å². The number of benzene rings is 1. The van der Waals surface area contributed by atoms with E-state index >= 15 is 0 Å². The highest BCUT2D eigenvalue weighted by Gasteiger charge is 2.16. The van der Waals surface area contributed by atoms with E-state index in [1.54, 1.807) is 6.20 Å². The molecule has 1 aromatic carbocycles. The predicted molar refractivity (Wildman–Crippen MR) is 68.8 cm³/mol. The Hall–Kier alpha value is -1.67. The fourth-order valence-corrected chi connectivity index (χ4v) is 1.98. The van der Waals surface area contributed by atoms with Gasteiger partial charge in [0.2, 0.25) is 0 Å². The number of rotatable bonds is 3. The molecule has 0 aliphatic rings. The van der Waals surface area contributed by atoms with E-state index in [0.717, 1.165) is 5.56 Å². The summed E-state index contributed by atoms with van der Waals surface area (Å²) in [6.45, 7) is 4.26. The molecule has 0 saturated carbocycles. The molecule has 2 rings (SSSR count). The fourth-order valence-electron chi connectivity index (χ4n) is 1.98. The second-order valence-corrected chi connectivity index (χ2v) is 4.44. The lowest BCUT2D eigenvalue weighted by Crippen LogP contribution is -2.06. The lowest BCUT2D eigenvalue weighted by atomic mass is 9.93. The third kappa shape index (κ3) is 2.53. The van der Waals surface area contributed by atoms with E-state index in [0.29, 0.717) is 11.6 Å². The summed E-state index contributed by atoms with van der Waals surface area (Å²) in [5.74, 6) is 0.393. The van der Waals surface area contributed by atoms with Crippen LogP contribution >= 0.6 is 0 Å². The van der Waals surface area contributed by atoms with E-state index < -0.39 is 6.10 Å². The van der Waals surface area contributed by atoms with Crippen LogP contribution in [0.5, 0.6) is 0 Å².